The number of hydrogen-bond acceptors (Lipinski definition) is 4. The number of nitrogens with zero attached hydrogens (tertiary/aromatic N) is 1. The Bertz CT molecular complexity index is 1590. The maximum atomic E-state index is 15.3. The molecule has 38 heavy (non-hydrogen) atoms. The normalized spacial score (nSPS) is 14.3. The maximum absolute atomic E-state index is 15.3. The van der Waals surface area contributed by atoms with Crippen molar-refractivity contribution in [1.29, 1.82) is 0 Å². The summed E-state index contributed by atoms with van der Waals surface area (Å²) in [7, 11) is 0. The van der Waals surface area contributed by atoms with Gasteiger partial charge in [0.15, 0.2) is 0 Å². The molecule has 2 heterocycles. The summed E-state index contributed by atoms with van der Waals surface area (Å²) in [6, 6.07) is 14.0. The number of rotatable bonds is 7. The van der Waals surface area contributed by atoms with Crippen molar-refractivity contribution in [3.8, 4) is 22.5 Å². The molecule has 0 bridgehead atoms. The molecule has 0 atom stereocenters. The van der Waals surface area contributed by atoms with E-state index in [2.05, 4.69) is 20.9 Å². The van der Waals surface area contributed by atoms with Gasteiger partial charge < -0.3 is 20.9 Å². The fraction of sp³-hybridized carbons (Fsp3) is 0.207. The number of imidazole rings is 1. The van der Waals surface area contributed by atoms with Crippen LogP contribution < -0.4 is 16.0 Å². The number of aryl methyl sites for hydroxylation is 1. The number of carbonyl (C=O) groups is 2. The number of nitrogens with one attached hydrogen (secondary N) is 4. The smallest absolute Gasteiger partial charge is 0.258 e. The second-order valence-corrected chi connectivity index (χ2v) is 9.64. The zero-order valence-electron chi connectivity index (χ0n) is 20.6. The van der Waals surface area contributed by atoms with E-state index >= 15 is 4.39 Å². The Morgan fingerprint density at radius 1 is 1.03 bits per heavy atom. The van der Waals surface area contributed by atoms with Gasteiger partial charge in [0, 0.05) is 41.6 Å². The highest BCUT2D eigenvalue weighted by Gasteiger charge is 2.29. The summed E-state index contributed by atoms with van der Waals surface area (Å²) in [5, 5.41) is 8.84. The number of H-pyrrole nitrogens is 1. The molecule has 192 valence electrons. The highest BCUT2D eigenvalue weighted by atomic mass is 19.1. The first-order chi connectivity index (χ1) is 18.4. The van der Waals surface area contributed by atoms with Crippen LogP contribution in [0.25, 0.3) is 22.5 Å². The minimum atomic E-state index is -0.671. The fourth-order valence-electron chi connectivity index (χ4n) is 4.78. The van der Waals surface area contributed by atoms with Crippen LogP contribution in [0.3, 0.4) is 0 Å². The third-order valence-electron chi connectivity index (χ3n) is 6.98. The standard InChI is InChI=1S/C29H25F2N5O2/c1-15-25(14-32-16-6-7-16)36-27(34-15)21-11-10-18(22-13-33-29(38)26(21)22)19-9-8-17(12-24(19)31)35-28(37)20-4-2-3-5-23(20)30/h2-5,8-12,16,32H,6-7,13-14H2,1H3,(H,33,38)(H,34,36)(H,35,37). The van der Waals surface area contributed by atoms with Crippen LogP contribution in [0.5, 0.6) is 0 Å². The number of anilines is 1. The van der Waals surface area contributed by atoms with Crippen LogP contribution in [0, 0.1) is 18.6 Å². The first-order valence-electron chi connectivity index (χ1n) is 12.5. The van der Waals surface area contributed by atoms with Crippen LogP contribution in [0.4, 0.5) is 14.5 Å². The lowest BCUT2D eigenvalue weighted by Gasteiger charge is -2.13. The molecule has 7 nitrogen and oxygen atoms in total. The highest BCUT2D eigenvalue weighted by molar-refractivity contribution is 6.06. The van der Waals surface area contributed by atoms with Crippen molar-refractivity contribution in [1.82, 2.24) is 20.6 Å². The molecule has 3 aromatic carbocycles. The molecule has 0 spiro atoms. The second kappa shape index (κ2) is 9.50. The number of fused-ring (bicyclic) bond motifs is 1. The van der Waals surface area contributed by atoms with Gasteiger partial charge in [-0.3, -0.25) is 9.59 Å². The summed E-state index contributed by atoms with van der Waals surface area (Å²) < 4.78 is 29.3. The number of aromatic amines is 1. The Labute approximate surface area is 217 Å². The van der Waals surface area contributed by atoms with Gasteiger partial charge in [0.2, 0.25) is 0 Å². The van der Waals surface area contributed by atoms with Gasteiger partial charge in [-0.1, -0.05) is 18.2 Å². The summed E-state index contributed by atoms with van der Waals surface area (Å²) >= 11 is 0. The van der Waals surface area contributed by atoms with E-state index in [0.717, 1.165) is 11.4 Å². The first kappa shape index (κ1) is 24.0. The quantitative estimate of drug-likeness (QED) is 0.277. The third-order valence-corrected chi connectivity index (χ3v) is 6.98. The molecule has 0 saturated heterocycles. The second-order valence-electron chi connectivity index (χ2n) is 9.64. The zero-order valence-corrected chi connectivity index (χ0v) is 20.6. The number of carbonyl (C=O) groups excluding carboxylic acids is 2. The van der Waals surface area contributed by atoms with Crippen LogP contribution >= 0.6 is 0 Å². The Hall–Kier alpha value is -4.37. The molecule has 1 aliphatic carbocycles. The van der Waals surface area contributed by atoms with E-state index in [0.29, 0.717) is 40.7 Å². The van der Waals surface area contributed by atoms with Crippen molar-refractivity contribution in [2.24, 2.45) is 0 Å². The van der Waals surface area contributed by atoms with Gasteiger partial charge in [-0.25, -0.2) is 13.8 Å². The van der Waals surface area contributed by atoms with Gasteiger partial charge in [0.1, 0.15) is 17.5 Å². The highest BCUT2D eigenvalue weighted by Crippen LogP contribution is 2.37. The van der Waals surface area contributed by atoms with Crippen LogP contribution in [-0.4, -0.2) is 27.8 Å². The molecule has 0 radical (unpaired) electrons. The van der Waals surface area contributed by atoms with E-state index in [9.17, 15) is 14.0 Å². The molecule has 2 amide bonds. The van der Waals surface area contributed by atoms with Crippen molar-refractivity contribution in [2.75, 3.05) is 5.32 Å². The lowest BCUT2D eigenvalue weighted by Crippen LogP contribution is -2.16. The monoisotopic (exact) mass is 513 g/mol. The van der Waals surface area contributed by atoms with Crippen molar-refractivity contribution in [2.45, 2.75) is 38.9 Å². The number of amides is 2. The largest absolute Gasteiger partial charge is 0.348 e. The zero-order chi connectivity index (χ0) is 26.4. The minimum absolute atomic E-state index is 0.130. The van der Waals surface area contributed by atoms with Gasteiger partial charge in [0.25, 0.3) is 11.8 Å². The summed E-state index contributed by atoms with van der Waals surface area (Å²) in [4.78, 5) is 33.3. The molecule has 4 N–H and O–H groups in total. The summed E-state index contributed by atoms with van der Waals surface area (Å²) in [5.74, 6) is -1.55. The van der Waals surface area contributed by atoms with Crippen LogP contribution in [0.15, 0.2) is 54.6 Å². The fourth-order valence-corrected chi connectivity index (χ4v) is 4.78. The molecule has 4 aromatic rings. The molecular formula is C29H25F2N5O2. The van der Waals surface area contributed by atoms with E-state index in [-0.39, 0.29) is 29.3 Å². The minimum Gasteiger partial charge on any atom is -0.348 e. The number of halogens is 2. The lowest BCUT2D eigenvalue weighted by molar-refractivity contribution is 0.0965. The molecule has 1 fully saturated rings. The lowest BCUT2D eigenvalue weighted by atomic mass is 9.92. The summed E-state index contributed by atoms with van der Waals surface area (Å²) in [5.41, 5.74) is 4.58. The maximum Gasteiger partial charge on any atom is 0.258 e. The third kappa shape index (κ3) is 4.45. The average Bonchev–Trinajstić information content (AvgIpc) is 3.55. The van der Waals surface area contributed by atoms with E-state index in [1.54, 1.807) is 30.3 Å². The molecule has 2 aliphatic rings. The molecule has 1 aromatic heterocycles. The molecule has 1 saturated carbocycles. The van der Waals surface area contributed by atoms with E-state index in [4.69, 9.17) is 4.98 Å². The van der Waals surface area contributed by atoms with Crippen LogP contribution in [0.1, 0.15) is 50.5 Å². The number of aromatic nitrogens is 2. The Kier molecular flexibility index (Phi) is 6.00. The van der Waals surface area contributed by atoms with E-state index in [1.807, 2.05) is 6.92 Å². The van der Waals surface area contributed by atoms with Gasteiger partial charge in [-0.15, -0.1) is 0 Å². The SMILES string of the molecule is Cc1[nH]c(-c2ccc(-c3ccc(NC(=O)c4ccccc4F)cc3F)c3c2C(=O)NC3)nc1CNC1CC1. The van der Waals surface area contributed by atoms with E-state index in [1.165, 1.54) is 37.1 Å². The Morgan fingerprint density at radius 2 is 1.79 bits per heavy atom. The topological polar surface area (TPSA) is 98.9 Å². The van der Waals surface area contributed by atoms with Gasteiger partial charge in [-0.05, 0) is 67.3 Å². The van der Waals surface area contributed by atoms with Crippen molar-refractivity contribution < 1.29 is 18.4 Å². The molecule has 6 rings (SSSR count). The van der Waals surface area contributed by atoms with E-state index < -0.39 is 17.5 Å². The molecule has 0 unspecified atom stereocenters. The van der Waals surface area contributed by atoms with Crippen molar-refractivity contribution in [3.05, 3.63) is 94.3 Å². The average molecular weight is 514 g/mol. The van der Waals surface area contributed by atoms with Crippen molar-refractivity contribution >= 4 is 17.5 Å². The van der Waals surface area contributed by atoms with Gasteiger partial charge in [-0.2, -0.15) is 0 Å². The summed E-state index contributed by atoms with van der Waals surface area (Å²) in [6.07, 6.45) is 2.36. The van der Waals surface area contributed by atoms with Gasteiger partial charge in [0.05, 0.1) is 16.8 Å². The van der Waals surface area contributed by atoms with Gasteiger partial charge >= 0.3 is 0 Å². The Balaban J connectivity index is 1.30. The van der Waals surface area contributed by atoms with Crippen molar-refractivity contribution in [3.63, 3.8) is 0 Å². The predicted octanol–water partition coefficient (Wildman–Crippen LogP) is 5.08. The predicted molar refractivity (Wildman–Crippen MR) is 140 cm³/mol. The van der Waals surface area contributed by atoms with Crippen LogP contribution in [0.2, 0.25) is 0 Å². The summed E-state index contributed by atoms with van der Waals surface area (Å²) in [6.45, 7) is 2.87. The molecule has 9 heteroatoms. The Morgan fingerprint density at radius 3 is 2.55 bits per heavy atom. The molecule has 1 aliphatic heterocycles. The number of hydrogen-bond donors (Lipinski definition) is 4. The first-order valence-corrected chi connectivity index (χ1v) is 12.5. The molecular weight excluding hydrogens is 488 g/mol. The number of benzene rings is 3. The van der Waals surface area contributed by atoms with Crippen LogP contribution in [-0.2, 0) is 13.1 Å².